The van der Waals surface area contributed by atoms with Gasteiger partial charge in [0.05, 0.1) is 0 Å². The van der Waals surface area contributed by atoms with E-state index in [2.05, 4.69) is 45.8 Å². The molecule has 23 heavy (non-hydrogen) atoms. The molecule has 0 aromatic carbocycles. The molecule has 1 unspecified atom stereocenters. The lowest BCUT2D eigenvalue weighted by Gasteiger charge is -2.22. The highest BCUT2D eigenvalue weighted by Gasteiger charge is 2.25. The summed E-state index contributed by atoms with van der Waals surface area (Å²) in [6, 6.07) is 0. The minimum atomic E-state index is 0.626. The van der Waals surface area contributed by atoms with E-state index in [0.717, 1.165) is 62.0 Å². The second kappa shape index (κ2) is 7.32. The van der Waals surface area contributed by atoms with Crippen LogP contribution in [0, 0.1) is 11.8 Å². The number of hydrogen-bond donors (Lipinski definition) is 1. The smallest absolute Gasteiger partial charge is 0.194 e. The SMILES string of the molecule is CCNC(=NCc1nnc2n1CCC2)N1CCC(CC(C)C)C1. The van der Waals surface area contributed by atoms with E-state index in [1.807, 2.05) is 0 Å². The zero-order valence-corrected chi connectivity index (χ0v) is 14.8. The lowest BCUT2D eigenvalue weighted by Crippen LogP contribution is -2.40. The summed E-state index contributed by atoms with van der Waals surface area (Å²) in [6.45, 7) is 11.6. The summed E-state index contributed by atoms with van der Waals surface area (Å²) in [4.78, 5) is 7.25. The van der Waals surface area contributed by atoms with E-state index >= 15 is 0 Å². The largest absolute Gasteiger partial charge is 0.357 e. The van der Waals surface area contributed by atoms with Crippen LogP contribution in [0.25, 0.3) is 0 Å². The topological polar surface area (TPSA) is 58.3 Å². The summed E-state index contributed by atoms with van der Waals surface area (Å²) in [5, 5.41) is 12.0. The first-order valence-corrected chi connectivity index (χ1v) is 9.11. The van der Waals surface area contributed by atoms with Crippen LogP contribution in [0.1, 0.15) is 51.7 Å². The number of nitrogens with one attached hydrogen (secondary N) is 1. The molecule has 1 N–H and O–H groups in total. The van der Waals surface area contributed by atoms with Crippen LogP contribution in [0.15, 0.2) is 4.99 Å². The van der Waals surface area contributed by atoms with Crippen LogP contribution in [0.4, 0.5) is 0 Å². The Balaban J connectivity index is 1.64. The normalized spacial score (nSPS) is 21.3. The van der Waals surface area contributed by atoms with Gasteiger partial charge in [0.15, 0.2) is 11.8 Å². The molecule has 0 spiro atoms. The fraction of sp³-hybridized carbons (Fsp3) is 0.824. The Morgan fingerprint density at radius 3 is 3.00 bits per heavy atom. The molecule has 3 rings (SSSR count). The number of aromatic nitrogens is 3. The van der Waals surface area contributed by atoms with Crippen molar-refractivity contribution in [3.05, 3.63) is 11.6 Å². The number of nitrogens with zero attached hydrogens (tertiary/aromatic N) is 5. The van der Waals surface area contributed by atoms with Crippen molar-refractivity contribution in [2.24, 2.45) is 16.8 Å². The second-order valence-corrected chi connectivity index (χ2v) is 7.19. The van der Waals surface area contributed by atoms with Crippen LogP contribution in [0.2, 0.25) is 0 Å². The highest BCUT2D eigenvalue weighted by molar-refractivity contribution is 5.80. The third-order valence-corrected chi connectivity index (χ3v) is 4.78. The Morgan fingerprint density at radius 1 is 1.35 bits per heavy atom. The van der Waals surface area contributed by atoms with Gasteiger partial charge in [0.1, 0.15) is 12.4 Å². The molecule has 1 fully saturated rings. The molecular weight excluding hydrogens is 288 g/mol. The van der Waals surface area contributed by atoms with E-state index in [-0.39, 0.29) is 0 Å². The molecule has 1 atom stereocenters. The fourth-order valence-electron chi connectivity index (χ4n) is 3.78. The molecule has 6 heteroatoms. The maximum Gasteiger partial charge on any atom is 0.194 e. The van der Waals surface area contributed by atoms with Gasteiger partial charge in [0, 0.05) is 32.6 Å². The molecular formula is C17H30N6. The Morgan fingerprint density at radius 2 is 2.22 bits per heavy atom. The van der Waals surface area contributed by atoms with E-state index in [9.17, 15) is 0 Å². The van der Waals surface area contributed by atoms with Crippen molar-refractivity contribution in [2.45, 2.75) is 59.5 Å². The summed E-state index contributed by atoms with van der Waals surface area (Å²) >= 11 is 0. The van der Waals surface area contributed by atoms with Crippen molar-refractivity contribution in [1.82, 2.24) is 25.0 Å². The van der Waals surface area contributed by atoms with Gasteiger partial charge in [-0.3, -0.25) is 0 Å². The van der Waals surface area contributed by atoms with E-state index in [1.54, 1.807) is 0 Å². The molecule has 0 amide bonds. The highest BCUT2D eigenvalue weighted by Crippen LogP contribution is 2.23. The van der Waals surface area contributed by atoms with Crippen LogP contribution >= 0.6 is 0 Å². The molecule has 2 aliphatic rings. The number of hydrogen-bond acceptors (Lipinski definition) is 3. The fourth-order valence-corrected chi connectivity index (χ4v) is 3.78. The third-order valence-electron chi connectivity index (χ3n) is 4.78. The van der Waals surface area contributed by atoms with E-state index in [0.29, 0.717) is 6.54 Å². The minimum Gasteiger partial charge on any atom is -0.357 e. The monoisotopic (exact) mass is 318 g/mol. The van der Waals surface area contributed by atoms with Gasteiger partial charge >= 0.3 is 0 Å². The second-order valence-electron chi connectivity index (χ2n) is 7.19. The Bertz CT molecular complexity index is 547. The molecule has 0 radical (unpaired) electrons. The average Bonchev–Trinajstić information content (AvgIpc) is 3.20. The summed E-state index contributed by atoms with van der Waals surface area (Å²) < 4.78 is 2.23. The molecule has 0 bridgehead atoms. The number of aliphatic imine (C=N–C) groups is 1. The van der Waals surface area contributed by atoms with Crippen LogP contribution in [0.3, 0.4) is 0 Å². The maximum atomic E-state index is 4.84. The Kier molecular flexibility index (Phi) is 5.18. The number of guanidine groups is 1. The van der Waals surface area contributed by atoms with Crippen LogP contribution in [0.5, 0.6) is 0 Å². The van der Waals surface area contributed by atoms with Gasteiger partial charge in [-0.25, -0.2) is 4.99 Å². The molecule has 1 saturated heterocycles. The zero-order chi connectivity index (χ0) is 16.2. The van der Waals surface area contributed by atoms with E-state index < -0.39 is 0 Å². The summed E-state index contributed by atoms with van der Waals surface area (Å²) in [5.74, 6) is 4.74. The van der Waals surface area contributed by atoms with Crippen molar-refractivity contribution in [1.29, 1.82) is 0 Å². The highest BCUT2D eigenvalue weighted by atomic mass is 15.3. The first kappa shape index (κ1) is 16.3. The van der Waals surface area contributed by atoms with Gasteiger partial charge in [0.2, 0.25) is 0 Å². The van der Waals surface area contributed by atoms with E-state index in [1.165, 1.54) is 19.3 Å². The molecule has 0 saturated carbocycles. The van der Waals surface area contributed by atoms with E-state index in [4.69, 9.17) is 4.99 Å². The van der Waals surface area contributed by atoms with Crippen molar-refractivity contribution in [2.75, 3.05) is 19.6 Å². The first-order chi connectivity index (χ1) is 11.2. The van der Waals surface area contributed by atoms with Gasteiger partial charge in [0.25, 0.3) is 0 Å². The summed E-state index contributed by atoms with van der Waals surface area (Å²) in [7, 11) is 0. The summed E-state index contributed by atoms with van der Waals surface area (Å²) in [5.41, 5.74) is 0. The number of likely N-dealkylation sites (tertiary alicyclic amines) is 1. The van der Waals surface area contributed by atoms with Gasteiger partial charge in [-0.15, -0.1) is 10.2 Å². The molecule has 128 valence electrons. The standard InChI is InChI=1S/C17H30N6/c1-4-18-17(22-9-7-14(12-22)10-13(2)3)19-11-16-21-20-15-6-5-8-23(15)16/h13-14H,4-12H2,1-3H3,(H,18,19). The van der Waals surface area contributed by atoms with Crippen molar-refractivity contribution < 1.29 is 0 Å². The maximum absolute atomic E-state index is 4.84. The first-order valence-electron chi connectivity index (χ1n) is 9.11. The lowest BCUT2D eigenvalue weighted by molar-refractivity contribution is 0.403. The van der Waals surface area contributed by atoms with Gasteiger partial charge in [-0.1, -0.05) is 13.8 Å². The van der Waals surface area contributed by atoms with Crippen molar-refractivity contribution in [3.63, 3.8) is 0 Å². The third kappa shape index (κ3) is 3.85. The van der Waals surface area contributed by atoms with Crippen LogP contribution in [-0.2, 0) is 19.5 Å². The minimum absolute atomic E-state index is 0.626. The Labute approximate surface area is 139 Å². The predicted molar refractivity (Wildman–Crippen MR) is 92.3 cm³/mol. The molecule has 0 aliphatic carbocycles. The van der Waals surface area contributed by atoms with Gasteiger partial charge in [-0.05, 0) is 38.0 Å². The quantitative estimate of drug-likeness (QED) is 0.667. The van der Waals surface area contributed by atoms with Crippen molar-refractivity contribution in [3.8, 4) is 0 Å². The van der Waals surface area contributed by atoms with Crippen molar-refractivity contribution >= 4 is 5.96 Å². The number of fused-ring (bicyclic) bond motifs is 1. The summed E-state index contributed by atoms with van der Waals surface area (Å²) in [6.07, 6.45) is 4.83. The zero-order valence-electron chi connectivity index (χ0n) is 14.8. The molecule has 2 aliphatic heterocycles. The van der Waals surface area contributed by atoms with Crippen LogP contribution < -0.4 is 5.32 Å². The lowest BCUT2D eigenvalue weighted by atomic mass is 9.97. The van der Waals surface area contributed by atoms with Gasteiger partial charge < -0.3 is 14.8 Å². The van der Waals surface area contributed by atoms with Gasteiger partial charge in [-0.2, -0.15) is 0 Å². The number of aryl methyl sites for hydroxylation is 1. The average molecular weight is 318 g/mol. The predicted octanol–water partition coefficient (Wildman–Crippen LogP) is 2.06. The molecule has 1 aromatic heterocycles. The Hall–Kier alpha value is -1.59. The molecule has 6 nitrogen and oxygen atoms in total. The van der Waals surface area contributed by atoms with Crippen LogP contribution in [-0.4, -0.2) is 45.3 Å². The molecule has 3 heterocycles. The molecule has 1 aromatic rings. The number of rotatable bonds is 5.